The van der Waals surface area contributed by atoms with Gasteiger partial charge in [0.15, 0.2) is 0 Å². The van der Waals surface area contributed by atoms with Gasteiger partial charge in [-0.2, -0.15) is 5.26 Å². The van der Waals surface area contributed by atoms with Crippen LogP contribution in [0.5, 0.6) is 0 Å². The molecule has 0 amide bonds. The Labute approximate surface area is 80.4 Å². The fourth-order valence-corrected chi connectivity index (χ4v) is 3.36. The largest absolute Gasteiger partial charge is 0.198 e. The molecule has 0 aliphatic heterocycles. The SMILES string of the molecule is C=C1CCC[C@@]2(C)CC[C@H](C#N)[C@@H]12. The lowest BCUT2D eigenvalue weighted by molar-refractivity contribution is 0.189. The van der Waals surface area contributed by atoms with Gasteiger partial charge in [0, 0.05) is 5.92 Å². The summed E-state index contributed by atoms with van der Waals surface area (Å²) in [4.78, 5) is 0. The lowest BCUT2D eigenvalue weighted by Gasteiger charge is -2.38. The molecule has 1 heteroatoms. The van der Waals surface area contributed by atoms with Crippen LogP contribution in [0.15, 0.2) is 12.2 Å². The Bertz CT molecular complexity index is 273. The van der Waals surface area contributed by atoms with Gasteiger partial charge >= 0.3 is 0 Å². The summed E-state index contributed by atoms with van der Waals surface area (Å²) in [5.74, 6) is 0.768. The van der Waals surface area contributed by atoms with Gasteiger partial charge in [0.1, 0.15) is 0 Å². The van der Waals surface area contributed by atoms with E-state index in [0.29, 0.717) is 11.3 Å². The molecule has 0 unspecified atom stereocenters. The zero-order valence-corrected chi connectivity index (χ0v) is 8.34. The molecule has 13 heavy (non-hydrogen) atoms. The van der Waals surface area contributed by atoms with E-state index in [1.54, 1.807) is 0 Å². The van der Waals surface area contributed by atoms with E-state index in [1.165, 1.54) is 24.8 Å². The lowest BCUT2D eigenvalue weighted by atomic mass is 9.66. The molecule has 2 aliphatic rings. The van der Waals surface area contributed by atoms with Gasteiger partial charge in [0.05, 0.1) is 12.0 Å². The number of fused-ring (bicyclic) bond motifs is 1. The smallest absolute Gasteiger partial charge is 0.0662 e. The van der Waals surface area contributed by atoms with Crippen LogP contribution in [0, 0.1) is 28.6 Å². The minimum Gasteiger partial charge on any atom is -0.198 e. The summed E-state index contributed by atoms with van der Waals surface area (Å²) in [6, 6.07) is 2.46. The van der Waals surface area contributed by atoms with E-state index in [9.17, 15) is 0 Å². The average molecular weight is 175 g/mol. The Morgan fingerprint density at radius 3 is 3.00 bits per heavy atom. The third-order valence-electron chi connectivity index (χ3n) is 4.03. The van der Waals surface area contributed by atoms with Crippen molar-refractivity contribution < 1.29 is 0 Å². The second-order valence-electron chi connectivity index (χ2n) is 4.92. The highest BCUT2D eigenvalue weighted by Gasteiger charge is 2.47. The van der Waals surface area contributed by atoms with E-state index < -0.39 is 0 Å². The van der Waals surface area contributed by atoms with E-state index in [-0.39, 0.29) is 5.92 Å². The molecule has 0 aromatic rings. The molecule has 2 aliphatic carbocycles. The molecule has 0 bridgehead atoms. The lowest BCUT2D eigenvalue weighted by Crippen LogP contribution is -2.30. The second-order valence-corrected chi connectivity index (χ2v) is 4.92. The van der Waals surface area contributed by atoms with Crippen molar-refractivity contribution >= 4 is 0 Å². The Balaban J connectivity index is 2.29. The van der Waals surface area contributed by atoms with E-state index in [2.05, 4.69) is 19.6 Å². The first-order chi connectivity index (χ1) is 6.17. The average Bonchev–Trinajstić information content (AvgIpc) is 2.43. The summed E-state index contributed by atoms with van der Waals surface area (Å²) in [5.41, 5.74) is 1.76. The maximum Gasteiger partial charge on any atom is 0.0662 e. The molecule has 70 valence electrons. The quantitative estimate of drug-likeness (QED) is 0.518. The Kier molecular flexibility index (Phi) is 1.95. The zero-order chi connectivity index (χ0) is 9.47. The summed E-state index contributed by atoms with van der Waals surface area (Å²) in [7, 11) is 0. The summed E-state index contributed by atoms with van der Waals surface area (Å²) < 4.78 is 0. The molecule has 0 radical (unpaired) electrons. The van der Waals surface area contributed by atoms with Crippen molar-refractivity contribution in [3.63, 3.8) is 0 Å². The minimum absolute atomic E-state index is 0.262. The van der Waals surface area contributed by atoms with Crippen molar-refractivity contribution in [1.29, 1.82) is 5.26 Å². The highest BCUT2D eigenvalue weighted by Crippen LogP contribution is 2.56. The normalized spacial score (nSPS) is 44.2. The standard InChI is InChI=1S/C12H17N/c1-9-4-3-6-12(2)7-5-10(8-13)11(9)12/h10-11H,1,3-7H2,2H3/t10-,11-,12+/m1/s1. The summed E-state index contributed by atoms with van der Waals surface area (Å²) in [6.45, 7) is 6.50. The predicted octanol–water partition coefficient (Wildman–Crippen LogP) is 3.28. The van der Waals surface area contributed by atoms with E-state index >= 15 is 0 Å². The van der Waals surface area contributed by atoms with Crippen molar-refractivity contribution in [1.82, 2.24) is 0 Å². The van der Waals surface area contributed by atoms with Crippen LogP contribution in [0.25, 0.3) is 0 Å². The molecule has 2 fully saturated rings. The van der Waals surface area contributed by atoms with E-state index in [4.69, 9.17) is 5.26 Å². The molecule has 2 rings (SSSR count). The van der Waals surface area contributed by atoms with Crippen LogP contribution >= 0.6 is 0 Å². The van der Waals surface area contributed by atoms with Crippen LogP contribution in [0.1, 0.15) is 39.0 Å². The van der Waals surface area contributed by atoms with Gasteiger partial charge in [-0.1, -0.05) is 19.1 Å². The summed E-state index contributed by atoms with van der Waals surface area (Å²) in [5, 5.41) is 9.05. The molecule has 0 aromatic heterocycles. The molecule has 2 saturated carbocycles. The van der Waals surface area contributed by atoms with Gasteiger partial charge in [-0.05, 0) is 37.5 Å². The first-order valence-electron chi connectivity index (χ1n) is 5.25. The molecular weight excluding hydrogens is 158 g/mol. The summed E-state index contributed by atoms with van der Waals surface area (Å²) in [6.07, 6.45) is 6.06. The Hall–Kier alpha value is -0.770. The number of nitrogens with zero attached hydrogens (tertiary/aromatic N) is 1. The van der Waals surface area contributed by atoms with Crippen molar-refractivity contribution in [3.05, 3.63) is 12.2 Å². The molecule has 3 atom stereocenters. The van der Waals surface area contributed by atoms with Crippen molar-refractivity contribution in [2.75, 3.05) is 0 Å². The van der Waals surface area contributed by atoms with Crippen LogP contribution < -0.4 is 0 Å². The zero-order valence-electron chi connectivity index (χ0n) is 8.34. The molecule has 0 aromatic carbocycles. The maximum absolute atomic E-state index is 9.05. The van der Waals surface area contributed by atoms with Crippen LogP contribution in [0.4, 0.5) is 0 Å². The van der Waals surface area contributed by atoms with Gasteiger partial charge in [-0.15, -0.1) is 0 Å². The fraction of sp³-hybridized carbons (Fsp3) is 0.750. The predicted molar refractivity (Wildman–Crippen MR) is 52.9 cm³/mol. The van der Waals surface area contributed by atoms with Gasteiger partial charge in [0.2, 0.25) is 0 Å². The van der Waals surface area contributed by atoms with Gasteiger partial charge in [-0.25, -0.2) is 0 Å². The van der Waals surface area contributed by atoms with Crippen molar-refractivity contribution in [3.8, 4) is 6.07 Å². The molecule has 0 saturated heterocycles. The first kappa shape index (κ1) is 8.81. The monoisotopic (exact) mass is 175 g/mol. The maximum atomic E-state index is 9.05. The first-order valence-corrected chi connectivity index (χ1v) is 5.25. The van der Waals surface area contributed by atoms with Gasteiger partial charge < -0.3 is 0 Å². The molecule has 0 spiro atoms. The number of rotatable bonds is 0. The highest BCUT2D eigenvalue weighted by molar-refractivity contribution is 5.18. The van der Waals surface area contributed by atoms with Gasteiger partial charge in [-0.3, -0.25) is 0 Å². The van der Waals surface area contributed by atoms with Crippen LogP contribution in [0.3, 0.4) is 0 Å². The molecule has 1 nitrogen and oxygen atoms in total. The fourth-order valence-electron chi connectivity index (χ4n) is 3.36. The molecule has 0 heterocycles. The second kappa shape index (κ2) is 2.87. The van der Waals surface area contributed by atoms with E-state index in [0.717, 1.165) is 12.8 Å². The van der Waals surface area contributed by atoms with Crippen LogP contribution in [0.2, 0.25) is 0 Å². The topological polar surface area (TPSA) is 23.8 Å². The van der Waals surface area contributed by atoms with Gasteiger partial charge in [0.25, 0.3) is 0 Å². The number of hydrogen-bond acceptors (Lipinski definition) is 1. The number of hydrogen-bond donors (Lipinski definition) is 0. The highest BCUT2D eigenvalue weighted by atomic mass is 14.5. The van der Waals surface area contributed by atoms with E-state index in [1.807, 2.05) is 0 Å². The third kappa shape index (κ3) is 1.20. The summed E-state index contributed by atoms with van der Waals surface area (Å²) >= 11 is 0. The number of allylic oxidation sites excluding steroid dienone is 1. The Morgan fingerprint density at radius 2 is 2.31 bits per heavy atom. The van der Waals surface area contributed by atoms with Crippen molar-refractivity contribution in [2.24, 2.45) is 17.3 Å². The van der Waals surface area contributed by atoms with Crippen LogP contribution in [-0.4, -0.2) is 0 Å². The minimum atomic E-state index is 0.262. The molecule has 0 N–H and O–H groups in total. The Morgan fingerprint density at radius 1 is 1.54 bits per heavy atom. The molecular formula is C12H17N. The number of nitriles is 1. The van der Waals surface area contributed by atoms with Crippen LogP contribution in [-0.2, 0) is 0 Å². The van der Waals surface area contributed by atoms with Crippen molar-refractivity contribution in [2.45, 2.75) is 39.0 Å². The third-order valence-corrected chi connectivity index (χ3v) is 4.03.